The number of ether oxygens (including phenoxy) is 1. The molecule has 2 rings (SSSR count). The molecule has 15 heavy (non-hydrogen) atoms. The van der Waals surface area contributed by atoms with Crippen LogP contribution in [0.15, 0.2) is 11.8 Å². The van der Waals surface area contributed by atoms with Gasteiger partial charge < -0.3 is 9.64 Å². The van der Waals surface area contributed by atoms with Gasteiger partial charge in [0.05, 0.1) is 13.0 Å². The molecule has 1 unspecified atom stereocenters. The number of esters is 1. The van der Waals surface area contributed by atoms with Gasteiger partial charge in [-0.25, -0.2) is 0 Å². The van der Waals surface area contributed by atoms with Gasteiger partial charge in [-0.15, -0.1) is 0 Å². The lowest BCUT2D eigenvalue weighted by atomic mass is 10.1. The fourth-order valence-electron chi connectivity index (χ4n) is 2.49. The van der Waals surface area contributed by atoms with Crippen molar-refractivity contribution in [2.75, 3.05) is 20.2 Å². The summed E-state index contributed by atoms with van der Waals surface area (Å²) in [5.41, 5.74) is 1.37. The number of nitrogens with zero attached hydrogens (tertiary/aromatic N) is 1. The molecule has 0 aromatic heterocycles. The van der Waals surface area contributed by atoms with Crippen molar-refractivity contribution >= 4 is 5.97 Å². The zero-order valence-corrected chi connectivity index (χ0v) is 9.37. The van der Waals surface area contributed by atoms with Gasteiger partial charge in [-0.1, -0.05) is 12.5 Å². The van der Waals surface area contributed by atoms with Crippen LogP contribution in [0, 0.1) is 5.92 Å². The van der Waals surface area contributed by atoms with Crippen molar-refractivity contribution in [2.45, 2.75) is 32.1 Å². The summed E-state index contributed by atoms with van der Waals surface area (Å²) in [5.74, 6) is 0.0157. The highest BCUT2D eigenvalue weighted by molar-refractivity contribution is 5.73. The van der Waals surface area contributed by atoms with E-state index in [9.17, 15) is 4.79 Å². The first-order chi connectivity index (χ1) is 7.31. The maximum Gasteiger partial charge on any atom is 0.310 e. The molecule has 2 aliphatic rings. The molecule has 0 aliphatic carbocycles. The zero-order valence-electron chi connectivity index (χ0n) is 9.37. The highest BCUT2D eigenvalue weighted by atomic mass is 16.5. The van der Waals surface area contributed by atoms with Gasteiger partial charge in [-0.3, -0.25) is 4.79 Å². The number of carbonyl (C=O) groups is 1. The summed E-state index contributed by atoms with van der Waals surface area (Å²) < 4.78 is 4.81. The minimum absolute atomic E-state index is 0.0531. The lowest BCUT2D eigenvalue weighted by Gasteiger charge is -2.22. The van der Waals surface area contributed by atoms with E-state index in [1.165, 1.54) is 38.5 Å². The summed E-state index contributed by atoms with van der Waals surface area (Å²) in [6.07, 6.45) is 8.21. The first-order valence-electron chi connectivity index (χ1n) is 5.83. The summed E-state index contributed by atoms with van der Waals surface area (Å²) in [5, 5.41) is 0. The van der Waals surface area contributed by atoms with Crippen molar-refractivity contribution in [2.24, 2.45) is 5.92 Å². The predicted molar refractivity (Wildman–Crippen MR) is 58.2 cm³/mol. The molecule has 3 nitrogen and oxygen atoms in total. The molecule has 1 fully saturated rings. The Morgan fingerprint density at radius 2 is 2.33 bits per heavy atom. The molecule has 0 aromatic carbocycles. The summed E-state index contributed by atoms with van der Waals surface area (Å²) in [4.78, 5) is 13.8. The molecule has 0 aromatic rings. The number of hydrogen-bond donors (Lipinski definition) is 0. The number of allylic oxidation sites excluding steroid dienone is 2. The molecule has 1 saturated heterocycles. The fourth-order valence-corrected chi connectivity index (χ4v) is 2.49. The molecule has 2 aliphatic heterocycles. The molecule has 0 N–H and O–H groups in total. The molecule has 0 radical (unpaired) electrons. The van der Waals surface area contributed by atoms with Crippen molar-refractivity contribution in [3.63, 3.8) is 0 Å². The molecule has 84 valence electrons. The zero-order chi connectivity index (χ0) is 10.7. The summed E-state index contributed by atoms with van der Waals surface area (Å²) >= 11 is 0. The fraction of sp³-hybridized carbons (Fsp3) is 0.750. The number of hydrogen-bond acceptors (Lipinski definition) is 3. The van der Waals surface area contributed by atoms with E-state index < -0.39 is 0 Å². The number of fused-ring (bicyclic) bond motifs is 1. The number of carbonyl (C=O) groups excluding carboxylic acids is 1. The minimum Gasteiger partial charge on any atom is -0.469 e. The van der Waals surface area contributed by atoms with Crippen LogP contribution >= 0.6 is 0 Å². The van der Waals surface area contributed by atoms with E-state index in [1.807, 2.05) is 0 Å². The third-order valence-electron chi connectivity index (χ3n) is 3.35. The van der Waals surface area contributed by atoms with Crippen molar-refractivity contribution < 1.29 is 9.53 Å². The van der Waals surface area contributed by atoms with Crippen molar-refractivity contribution in [1.82, 2.24) is 4.90 Å². The maximum absolute atomic E-state index is 11.5. The molecule has 2 heterocycles. The summed E-state index contributed by atoms with van der Waals surface area (Å²) in [6.45, 7) is 1.97. The molecule has 0 bridgehead atoms. The smallest absolute Gasteiger partial charge is 0.310 e. The Balaban J connectivity index is 2.03. The largest absolute Gasteiger partial charge is 0.469 e. The van der Waals surface area contributed by atoms with Crippen LogP contribution in [0.4, 0.5) is 0 Å². The minimum atomic E-state index is -0.0531. The van der Waals surface area contributed by atoms with E-state index in [0.29, 0.717) is 0 Å². The Bertz CT molecular complexity index is 273. The van der Waals surface area contributed by atoms with Gasteiger partial charge in [0, 0.05) is 25.2 Å². The van der Waals surface area contributed by atoms with Crippen LogP contribution in [0.2, 0.25) is 0 Å². The van der Waals surface area contributed by atoms with Crippen LogP contribution in [0.25, 0.3) is 0 Å². The van der Waals surface area contributed by atoms with Crippen molar-refractivity contribution in [3.8, 4) is 0 Å². The third kappa shape index (κ3) is 2.33. The first kappa shape index (κ1) is 10.5. The van der Waals surface area contributed by atoms with Gasteiger partial charge in [-0.2, -0.15) is 0 Å². The third-order valence-corrected chi connectivity index (χ3v) is 3.35. The van der Waals surface area contributed by atoms with E-state index in [-0.39, 0.29) is 11.9 Å². The number of methoxy groups -OCH3 is 1. The van der Waals surface area contributed by atoms with Crippen molar-refractivity contribution in [3.05, 3.63) is 11.8 Å². The van der Waals surface area contributed by atoms with E-state index >= 15 is 0 Å². The Morgan fingerprint density at radius 1 is 1.47 bits per heavy atom. The lowest BCUT2D eigenvalue weighted by molar-refractivity contribution is -0.144. The highest BCUT2D eigenvalue weighted by Crippen LogP contribution is 2.29. The van der Waals surface area contributed by atoms with Gasteiger partial charge in [0.15, 0.2) is 0 Å². The van der Waals surface area contributed by atoms with Crippen LogP contribution in [0.5, 0.6) is 0 Å². The average Bonchev–Trinajstić information content (AvgIpc) is 2.60. The molecule has 1 atom stereocenters. The van der Waals surface area contributed by atoms with Gasteiger partial charge in [0.2, 0.25) is 0 Å². The van der Waals surface area contributed by atoms with Crippen LogP contribution < -0.4 is 0 Å². The second-order valence-corrected chi connectivity index (χ2v) is 4.42. The lowest BCUT2D eigenvalue weighted by Crippen LogP contribution is -2.24. The maximum atomic E-state index is 11.5. The van der Waals surface area contributed by atoms with Crippen LogP contribution in [0.3, 0.4) is 0 Å². The second kappa shape index (κ2) is 4.69. The second-order valence-electron chi connectivity index (χ2n) is 4.42. The Hall–Kier alpha value is -0.990. The molecule has 0 amide bonds. The number of rotatable bonds is 1. The van der Waals surface area contributed by atoms with Crippen LogP contribution in [-0.2, 0) is 9.53 Å². The molecule has 3 heteroatoms. The van der Waals surface area contributed by atoms with Gasteiger partial charge in [0.1, 0.15) is 0 Å². The van der Waals surface area contributed by atoms with E-state index in [0.717, 1.165) is 19.5 Å². The van der Waals surface area contributed by atoms with Crippen molar-refractivity contribution in [1.29, 1.82) is 0 Å². The molecule has 0 saturated carbocycles. The van der Waals surface area contributed by atoms with Crippen LogP contribution in [-0.4, -0.2) is 31.1 Å². The topological polar surface area (TPSA) is 29.5 Å². The van der Waals surface area contributed by atoms with Gasteiger partial charge in [0.25, 0.3) is 0 Å². The quantitative estimate of drug-likeness (QED) is 0.618. The van der Waals surface area contributed by atoms with E-state index in [2.05, 4.69) is 11.0 Å². The van der Waals surface area contributed by atoms with E-state index in [1.54, 1.807) is 0 Å². The molecule has 0 spiro atoms. The molecular formula is C12H19NO2. The average molecular weight is 209 g/mol. The first-order valence-corrected chi connectivity index (χ1v) is 5.83. The normalized spacial score (nSPS) is 26.3. The van der Waals surface area contributed by atoms with Crippen LogP contribution in [0.1, 0.15) is 32.1 Å². The highest BCUT2D eigenvalue weighted by Gasteiger charge is 2.31. The van der Waals surface area contributed by atoms with Gasteiger partial charge in [-0.05, 0) is 19.3 Å². The monoisotopic (exact) mass is 209 g/mol. The Labute approximate surface area is 91.1 Å². The van der Waals surface area contributed by atoms with E-state index in [4.69, 9.17) is 4.74 Å². The van der Waals surface area contributed by atoms with Gasteiger partial charge >= 0.3 is 5.97 Å². The Kier molecular flexibility index (Phi) is 3.29. The standard InChI is InChI=1S/C12H19NO2/c1-15-12(14)10-8-11-6-4-2-3-5-7-13(11)9-10/h6,10H,2-5,7-9H2,1H3. The summed E-state index contributed by atoms with van der Waals surface area (Å²) in [7, 11) is 1.48. The predicted octanol–water partition coefficient (Wildman–Crippen LogP) is 1.94. The SMILES string of the molecule is COC(=O)C1CC2=CCCCCCN2C1. The Morgan fingerprint density at radius 3 is 3.13 bits per heavy atom. The summed E-state index contributed by atoms with van der Waals surface area (Å²) in [6, 6.07) is 0. The molecular weight excluding hydrogens is 190 g/mol.